The van der Waals surface area contributed by atoms with Crippen molar-refractivity contribution in [2.75, 3.05) is 11.9 Å². The molecule has 2 heteroatoms. The first-order valence-electron chi connectivity index (χ1n) is 6.85. The van der Waals surface area contributed by atoms with Crippen molar-refractivity contribution in [3.05, 3.63) is 0 Å². The molecule has 0 bridgehead atoms. The number of hydrogen-bond acceptors (Lipinski definition) is 1. The average molecular weight is 291 g/mol. The van der Waals surface area contributed by atoms with Crippen molar-refractivity contribution >= 4 is 15.9 Å². The van der Waals surface area contributed by atoms with Gasteiger partial charge in [-0.05, 0) is 37.5 Å². The van der Waals surface area contributed by atoms with E-state index in [1.54, 1.807) is 0 Å². The summed E-state index contributed by atoms with van der Waals surface area (Å²) in [5, 5.41) is 1.01. The highest BCUT2D eigenvalue weighted by Crippen LogP contribution is 2.36. The van der Waals surface area contributed by atoms with Crippen molar-refractivity contribution < 1.29 is 4.74 Å². The molecule has 0 aromatic heterocycles. The molecular formula is C14H27BrO. The van der Waals surface area contributed by atoms with Crippen molar-refractivity contribution in [2.45, 2.75) is 64.9 Å². The molecule has 0 aromatic carbocycles. The molecule has 0 heterocycles. The molecule has 16 heavy (non-hydrogen) atoms. The predicted molar refractivity (Wildman–Crippen MR) is 74.2 cm³/mol. The van der Waals surface area contributed by atoms with Gasteiger partial charge in [0.15, 0.2) is 0 Å². The number of hydrogen-bond donors (Lipinski definition) is 0. The molecule has 0 amide bonds. The summed E-state index contributed by atoms with van der Waals surface area (Å²) in [7, 11) is 0. The average Bonchev–Trinajstić information content (AvgIpc) is 2.33. The Kier molecular flexibility index (Phi) is 6.35. The Bertz CT molecular complexity index is 181. The second kappa shape index (κ2) is 7.00. The summed E-state index contributed by atoms with van der Waals surface area (Å²) >= 11 is 3.66. The van der Waals surface area contributed by atoms with Crippen molar-refractivity contribution in [3.63, 3.8) is 0 Å². The second-order valence-electron chi connectivity index (χ2n) is 5.49. The molecule has 0 atom stereocenters. The molecule has 0 aromatic rings. The predicted octanol–water partition coefficient (Wildman–Crippen LogP) is 4.78. The molecule has 0 unspecified atom stereocenters. The minimum atomic E-state index is 0.148. The van der Waals surface area contributed by atoms with Gasteiger partial charge in [0.25, 0.3) is 0 Å². The van der Waals surface area contributed by atoms with Crippen molar-refractivity contribution in [1.29, 1.82) is 0 Å². The van der Waals surface area contributed by atoms with Crippen LogP contribution in [-0.2, 0) is 4.74 Å². The van der Waals surface area contributed by atoms with Crippen LogP contribution in [0, 0.1) is 11.8 Å². The lowest BCUT2D eigenvalue weighted by Crippen LogP contribution is -2.39. The van der Waals surface area contributed by atoms with E-state index >= 15 is 0 Å². The normalized spacial score (nSPS) is 30.9. The van der Waals surface area contributed by atoms with Gasteiger partial charge in [0.2, 0.25) is 0 Å². The van der Waals surface area contributed by atoms with Gasteiger partial charge in [-0.2, -0.15) is 0 Å². The summed E-state index contributed by atoms with van der Waals surface area (Å²) < 4.78 is 6.27. The monoisotopic (exact) mass is 290 g/mol. The van der Waals surface area contributed by atoms with E-state index in [0.717, 1.165) is 23.8 Å². The lowest BCUT2D eigenvalue weighted by atomic mass is 9.80. The quantitative estimate of drug-likeness (QED) is 0.640. The first kappa shape index (κ1) is 14.5. The second-order valence-corrected chi connectivity index (χ2v) is 6.05. The number of alkyl halides is 1. The number of ether oxygens (including phenoxy) is 1. The molecule has 0 saturated heterocycles. The number of rotatable bonds is 6. The fourth-order valence-corrected chi connectivity index (χ4v) is 3.15. The fraction of sp³-hybridized carbons (Fsp3) is 1.00. The summed E-state index contributed by atoms with van der Waals surface area (Å²) in [6.07, 6.45) is 7.61. The standard InChI is InChI=1S/C14H27BrO/c1-4-13(5-2)10-16-14(11-15)8-6-12(3)7-9-14/h12-13H,4-11H2,1-3H3. The summed E-state index contributed by atoms with van der Waals surface area (Å²) in [6.45, 7) is 7.84. The van der Waals surface area contributed by atoms with Crippen LogP contribution in [0.1, 0.15) is 59.3 Å². The number of halogens is 1. The van der Waals surface area contributed by atoms with E-state index in [-0.39, 0.29) is 5.60 Å². The van der Waals surface area contributed by atoms with Gasteiger partial charge in [-0.25, -0.2) is 0 Å². The van der Waals surface area contributed by atoms with Gasteiger partial charge in [-0.1, -0.05) is 49.5 Å². The van der Waals surface area contributed by atoms with Crippen LogP contribution in [-0.4, -0.2) is 17.5 Å². The third-order valence-corrected chi connectivity index (χ3v) is 5.23. The van der Waals surface area contributed by atoms with E-state index < -0.39 is 0 Å². The molecule has 0 aliphatic heterocycles. The van der Waals surface area contributed by atoms with Crippen LogP contribution in [0.3, 0.4) is 0 Å². The van der Waals surface area contributed by atoms with Crippen LogP contribution >= 0.6 is 15.9 Å². The van der Waals surface area contributed by atoms with Crippen LogP contribution in [0.4, 0.5) is 0 Å². The van der Waals surface area contributed by atoms with E-state index in [1.165, 1.54) is 38.5 Å². The summed E-state index contributed by atoms with van der Waals surface area (Å²) in [5.41, 5.74) is 0.148. The maximum Gasteiger partial charge on any atom is 0.0779 e. The lowest BCUT2D eigenvalue weighted by molar-refractivity contribution is -0.0730. The van der Waals surface area contributed by atoms with Gasteiger partial charge >= 0.3 is 0 Å². The molecule has 96 valence electrons. The molecule has 1 saturated carbocycles. The van der Waals surface area contributed by atoms with E-state index in [4.69, 9.17) is 4.74 Å². The Hall–Kier alpha value is 0.440. The molecule has 1 nitrogen and oxygen atoms in total. The molecule has 0 spiro atoms. The van der Waals surface area contributed by atoms with Crippen molar-refractivity contribution in [1.82, 2.24) is 0 Å². The van der Waals surface area contributed by atoms with Crippen LogP contribution in [0.5, 0.6) is 0 Å². The van der Waals surface area contributed by atoms with Crippen LogP contribution in [0.15, 0.2) is 0 Å². The Balaban J connectivity index is 2.41. The van der Waals surface area contributed by atoms with Gasteiger partial charge in [0.1, 0.15) is 0 Å². The fourth-order valence-electron chi connectivity index (χ4n) is 2.42. The zero-order chi connectivity index (χ0) is 12.0. The largest absolute Gasteiger partial charge is 0.374 e. The minimum absolute atomic E-state index is 0.148. The SMILES string of the molecule is CCC(CC)COC1(CBr)CCC(C)CC1. The van der Waals surface area contributed by atoms with E-state index in [2.05, 4.69) is 36.7 Å². The molecule has 1 aliphatic carbocycles. The van der Waals surface area contributed by atoms with Gasteiger partial charge < -0.3 is 4.74 Å². The van der Waals surface area contributed by atoms with Crippen molar-refractivity contribution in [3.8, 4) is 0 Å². The van der Waals surface area contributed by atoms with Gasteiger partial charge in [-0.3, -0.25) is 0 Å². The topological polar surface area (TPSA) is 9.23 Å². The molecular weight excluding hydrogens is 264 g/mol. The molecule has 0 radical (unpaired) electrons. The van der Waals surface area contributed by atoms with Crippen molar-refractivity contribution in [2.24, 2.45) is 11.8 Å². The third kappa shape index (κ3) is 4.03. The Morgan fingerprint density at radius 1 is 1.25 bits per heavy atom. The maximum absolute atomic E-state index is 6.27. The molecule has 0 N–H and O–H groups in total. The highest BCUT2D eigenvalue weighted by atomic mass is 79.9. The Labute approximate surface area is 109 Å². The van der Waals surface area contributed by atoms with E-state index in [0.29, 0.717) is 0 Å². The summed E-state index contributed by atoms with van der Waals surface area (Å²) in [5.74, 6) is 1.64. The lowest BCUT2D eigenvalue weighted by Gasteiger charge is -2.39. The molecule has 1 fully saturated rings. The van der Waals surface area contributed by atoms with E-state index in [9.17, 15) is 0 Å². The Morgan fingerprint density at radius 2 is 1.81 bits per heavy atom. The highest BCUT2D eigenvalue weighted by molar-refractivity contribution is 9.09. The highest BCUT2D eigenvalue weighted by Gasteiger charge is 2.34. The summed E-state index contributed by atoms with van der Waals surface area (Å²) in [6, 6.07) is 0. The minimum Gasteiger partial charge on any atom is -0.374 e. The maximum atomic E-state index is 6.27. The zero-order valence-corrected chi connectivity index (χ0v) is 12.7. The van der Waals surface area contributed by atoms with Gasteiger partial charge in [0.05, 0.1) is 12.2 Å². The molecule has 1 aliphatic rings. The zero-order valence-electron chi connectivity index (χ0n) is 11.1. The van der Waals surface area contributed by atoms with E-state index in [1.807, 2.05) is 0 Å². The van der Waals surface area contributed by atoms with Crippen LogP contribution in [0.2, 0.25) is 0 Å². The van der Waals surface area contributed by atoms with Crippen LogP contribution < -0.4 is 0 Å². The smallest absolute Gasteiger partial charge is 0.0779 e. The first-order chi connectivity index (χ1) is 7.65. The first-order valence-corrected chi connectivity index (χ1v) is 7.97. The third-order valence-electron chi connectivity index (χ3n) is 4.21. The van der Waals surface area contributed by atoms with Gasteiger partial charge in [0, 0.05) is 5.33 Å². The summed E-state index contributed by atoms with van der Waals surface area (Å²) in [4.78, 5) is 0. The Morgan fingerprint density at radius 3 is 2.25 bits per heavy atom. The van der Waals surface area contributed by atoms with Crippen LogP contribution in [0.25, 0.3) is 0 Å². The molecule has 1 rings (SSSR count). The van der Waals surface area contributed by atoms with Gasteiger partial charge in [-0.15, -0.1) is 0 Å².